The van der Waals surface area contributed by atoms with E-state index >= 15 is 0 Å². The van der Waals surface area contributed by atoms with Crippen LogP contribution in [-0.2, 0) is 16.6 Å². The van der Waals surface area contributed by atoms with Crippen molar-refractivity contribution in [2.75, 3.05) is 55.3 Å². The van der Waals surface area contributed by atoms with Crippen molar-refractivity contribution >= 4 is 23.0 Å². The first-order valence-corrected chi connectivity index (χ1v) is 13.4. The van der Waals surface area contributed by atoms with Crippen LogP contribution in [0, 0.1) is 17.0 Å². The van der Waals surface area contributed by atoms with Crippen LogP contribution in [0.25, 0.3) is 11.1 Å². The van der Waals surface area contributed by atoms with Crippen LogP contribution in [0.4, 0.5) is 31.8 Å². The Balaban J connectivity index is 1.20. The van der Waals surface area contributed by atoms with Gasteiger partial charge in [-0.05, 0) is 12.1 Å². The highest BCUT2D eigenvalue weighted by molar-refractivity contribution is 5.86. The lowest BCUT2D eigenvalue weighted by molar-refractivity contribution is -0.127. The lowest BCUT2D eigenvalue weighted by Gasteiger charge is -2.56. The molecule has 1 N–H and O–H groups in total. The molecule has 0 radical (unpaired) electrons. The first-order valence-electron chi connectivity index (χ1n) is 13.4. The molecule has 0 saturated carbocycles. The average molecular weight is 562 g/mol. The summed E-state index contributed by atoms with van der Waals surface area (Å²) in [4.78, 5) is 16.9. The van der Waals surface area contributed by atoms with E-state index in [1.165, 1.54) is 17.5 Å². The van der Waals surface area contributed by atoms with E-state index in [1.54, 1.807) is 23.9 Å². The Labute approximate surface area is 235 Å². The van der Waals surface area contributed by atoms with Crippen molar-refractivity contribution in [1.82, 2.24) is 19.7 Å². The molecule has 2 aromatic carbocycles. The van der Waals surface area contributed by atoms with Gasteiger partial charge in [0.25, 0.3) is 0 Å². The number of aryl methyl sites for hydroxylation is 1. The van der Waals surface area contributed by atoms with E-state index in [1.807, 2.05) is 31.6 Å². The Bertz CT molecular complexity index is 1600. The number of halogens is 2. The number of hydroxylamine groups is 1. The van der Waals surface area contributed by atoms with Crippen LogP contribution >= 0.6 is 0 Å². The van der Waals surface area contributed by atoms with Gasteiger partial charge in [0.05, 0.1) is 50.3 Å². The summed E-state index contributed by atoms with van der Waals surface area (Å²) >= 11 is 0. The number of rotatable bonds is 7. The monoisotopic (exact) mass is 561 g/mol. The van der Waals surface area contributed by atoms with Gasteiger partial charge in [0.1, 0.15) is 17.9 Å². The second-order valence-corrected chi connectivity index (χ2v) is 10.8. The maximum atomic E-state index is 14.6. The van der Waals surface area contributed by atoms with Crippen molar-refractivity contribution in [2.45, 2.75) is 12.5 Å². The molecule has 10 nitrogen and oxygen atoms in total. The number of hydrogen-bond donors (Lipinski definition) is 1. The zero-order chi connectivity index (χ0) is 28.1. The van der Waals surface area contributed by atoms with Gasteiger partial charge in [-0.25, -0.2) is 23.8 Å². The Kier molecular flexibility index (Phi) is 6.24. The molecule has 3 saturated heterocycles. The zero-order valence-electron chi connectivity index (χ0n) is 22.7. The highest BCUT2D eigenvalue weighted by Gasteiger charge is 2.49. The van der Waals surface area contributed by atoms with Gasteiger partial charge < -0.3 is 19.7 Å². The molecule has 3 fully saturated rings. The molecule has 4 aromatic rings. The third-order valence-electron chi connectivity index (χ3n) is 7.93. The van der Waals surface area contributed by atoms with Gasteiger partial charge in [-0.15, -0.1) is 0 Å². The number of nitrogens with one attached hydrogen (secondary N) is 1. The third-order valence-corrected chi connectivity index (χ3v) is 7.93. The molecule has 1 atom stereocenters. The first-order chi connectivity index (χ1) is 19.9. The largest absolute Gasteiger partial charge is 0.494 e. The van der Waals surface area contributed by atoms with Crippen LogP contribution < -0.4 is 20.0 Å². The van der Waals surface area contributed by atoms with E-state index in [4.69, 9.17) is 14.3 Å². The zero-order valence-corrected chi connectivity index (χ0v) is 22.7. The highest BCUT2D eigenvalue weighted by Crippen LogP contribution is 2.47. The predicted octanol–water partition coefficient (Wildman–Crippen LogP) is 4.63. The lowest BCUT2D eigenvalue weighted by Crippen LogP contribution is -2.66. The highest BCUT2D eigenvalue weighted by atomic mass is 19.2. The van der Waals surface area contributed by atoms with Crippen LogP contribution in [0.1, 0.15) is 18.0 Å². The number of aromatic nitrogens is 4. The van der Waals surface area contributed by atoms with Gasteiger partial charge in [-0.3, -0.25) is 9.52 Å². The standard InChI is InChI=1S/C29H29F2N7O3/c1-36-12-18(11-34-36)20-8-22(25(39-2)9-24(20)37-13-29(14-37)15-40-16-29)35-26-10-27(33-17-32-26)38-23(6-7-41-38)19-4-3-5-21(30)28(19)31/h3-5,8-12,17,23H,6-7,13-16H2,1-2H3,(H,32,33,35)/t23-/m1/s1. The maximum Gasteiger partial charge on any atom is 0.164 e. The van der Waals surface area contributed by atoms with E-state index < -0.39 is 17.7 Å². The van der Waals surface area contributed by atoms with Crippen molar-refractivity contribution in [3.63, 3.8) is 0 Å². The molecule has 1 spiro atoms. The van der Waals surface area contributed by atoms with Gasteiger partial charge in [0.2, 0.25) is 0 Å². The Morgan fingerprint density at radius 1 is 1.12 bits per heavy atom. The number of nitrogens with zero attached hydrogens (tertiary/aromatic N) is 6. The molecule has 3 aliphatic heterocycles. The van der Waals surface area contributed by atoms with Gasteiger partial charge >= 0.3 is 0 Å². The van der Waals surface area contributed by atoms with Crippen LogP contribution in [0.15, 0.2) is 55.1 Å². The third kappa shape index (κ3) is 4.52. The Morgan fingerprint density at radius 3 is 2.71 bits per heavy atom. The van der Waals surface area contributed by atoms with E-state index in [0.717, 1.165) is 49.2 Å². The van der Waals surface area contributed by atoms with Crippen molar-refractivity contribution in [3.8, 4) is 16.9 Å². The fourth-order valence-electron chi connectivity index (χ4n) is 5.83. The van der Waals surface area contributed by atoms with E-state index in [-0.39, 0.29) is 11.0 Å². The van der Waals surface area contributed by atoms with Crippen LogP contribution in [0.3, 0.4) is 0 Å². The van der Waals surface area contributed by atoms with Gasteiger partial charge in [0.15, 0.2) is 17.5 Å². The summed E-state index contributed by atoms with van der Waals surface area (Å²) in [6.45, 7) is 3.79. The summed E-state index contributed by atoms with van der Waals surface area (Å²) < 4.78 is 41.6. The summed E-state index contributed by atoms with van der Waals surface area (Å²) in [6, 6.07) is 9.41. The van der Waals surface area contributed by atoms with E-state index in [2.05, 4.69) is 25.3 Å². The van der Waals surface area contributed by atoms with E-state index in [0.29, 0.717) is 36.1 Å². The summed E-state index contributed by atoms with van der Waals surface area (Å²) in [5.41, 5.74) is 4.22. The molecular formula is C29H29F2N7O3. The smallest absolute Gasteiger partial charge is 0.164 e. The Morgan fingerprint density at radius 2 is 1.98 bits per heavy atom. The number of ether oxygens (including phenoxy) is 2. The molecule has 41 heavy (non-hydrogen) atoms. The van der Waals surface area contributed by atoms with Crippen molar-refractivity contribution in [1.29, 1.82) is 0 Å². The van der Waals surface area contributed by atoms with Crippen molar-refractivity contribution in [3.05, 3.63) is 72.3 Å². The first kappa shape index (κ1) is 25.7. The summed E-state index contributed by atoms with van der Waals surface area (Å²) in [7, 11) is 3.52. The molecule has 0 amide bonds. The average Bonchev–Trinajstić information content (AvgIpc) is 3.58. The lowest BCUT2D eigenvalue weighted by atomic mass is 9.77. The summed E-state index contributed by atoms with van der Waals surface area (Å²) in [5, 5.41) is 9.26. The molecular weight excluding hydrogens is 532 g/mol. The van der Waals surface area contributed by atoms with Crippen LogP contribution in [0.2, 0.25) is 0 Å². The minimum Gasteiger partial charge on any atom is -0.494 e. The second-order valence-electron chi connectivity index (χ2n) is 10.8. The summed E-state index contributed by atoms with van der Waals surface area (Å²) in [6.07, 6.45) is 5.72. The van der Waals surface area contributed by atoms with Gasteiger partial charge in [-0.1, -0.05) is 12.1 Å². The molecule has 0 unspecified atom stereocenters. The van der Waals surface area contributed by atoms with Crippen LogP contribution in [-0.4, -0.2) is 59.8 Å². The molecule has 0 bridgehead atoms. The predicted molar refractivity (Wildman–Crippen MR) is 148 cm³/mol. The normalized spacial score (nSPS) is 19.3. The maximum absolute atomic E-state index is 14.6. The molecule has 0 aliphatic carbocycles. The van der Waals surface area contributed by atoms with Gasteiger partial charge in [0, 0.05) is 67.3 Å². The SMILES string of the molecule is COc1cc(N2CC3(COC3)C2)c(-c2cnn(C)c2)cc1Nc1cc(N2OCC[C@@H]2c2cccc(F)c2F)ncn1. The van der Waals surface area contributed by atoms with Gasteiger partial charge in [-0.2, -0.15) is 5.10 Å². The molecule has 7 rings (SSSR count). The molecule has 5 heterocycles. The minimum absolute atomic E-state index is 0.218. The topological polar surface area (TPSA) is 89.8 Å². The molecule has 212 valence electrons. The number of methoxy groups -OCH3 is 1. The minimum atomic E-state index is -0.895. The quantitative estimate of drug-likeness (QED) is 0.347. The number of hydrogen-bond acceptors (Lipinski definition) is 9. The Hall–Kier alpha value is -4.29. The molecule has 3 aliphatic rings. The molecule has 12 heteroatoms. The molecule has 2 aromatic heterocycles. The number of benzene rings is 2. The second kappa shape index (κ2) is 9.96. The fourth-order valence-corrected chi connectivity index (χ4v) is 5.83. The number of anilines is 4. The fraction of sp³-hybridized carbons (Fsp3) is 0.345. The summed E-state index contributed by atoms with van der Waals surface area (Å²) in [5.74, 6) is -0.220. The van der Waals surface area contributed by atoms with Crippen LogP contribution in [0.5, 0.6) is 5.75 Å². The van der Waals surface area contributed by atoms with Crippen molar-refractivity contribution in [2.24, 2.45) is 12.5 Å². The van der Waals surface area contributed by atoms with Crippen molar-refractivity contribution < 1.29 is 23.1 Å². The van der Waals surface area contributed by atoms with E-state index in [9.17, 15) is 8.78 Å².